The van der Waals surface area contributed by atoms with Crippen LogP contribution >= 0.6 is 11.3 Å². The van der Waals surface area contributed by atoms with Gasteiger partial charge in [0, 0.05) is 23.4 Å². The number of rotatable bonds is 7. The van der Waals surface area contributed by atoms with E-state index >= 15 is 0 Å². The van der Waals surface area contributed by atoms with Gasteiger partial charge in [0.1, 0.15) is 10.8 Å². The van der Waals surface area contributed by atoms with Gasteiger partial charge in [0.15, 0.2) is 0 Å². The summed E-state index contributed by atoms with van der Waals surface area (Å²) in [4.78, 5) is 16.8. The number of carboxylic acid groups (broad SMARTS) is 1. The van der Waals surface area contributed by atoms with E-state index in [-0.39, 0.29) is 22.8 Å². The van der Waals surface area contributed by atoms with E-state index in [2.05, 4.69) is 9.71 Å². The van der Waals surface area contributed by atoms with Gasteiger partial charge in [-0.1, -0.05) is 0 Å². The second kappa shape index (κ2) is 8.63. The molecule has 2 N–H and O–H groups in total. The van der Waals surface area contributed by atoms with Gasteiger partial charge < -0.3 is 5.11 Å². The largest absolute Gasteiger partial charge is 0.478 e. The maximum atomic E-state index is 13.1. The highest BCUT2D eigenvalue weighted by molar-refractivity contribution is 7.89. The zero-order chi connectivity index (χ0) is 22.1. The quantitative estimate of drug-likeness (QED) is 0.567. The molecule has 0 amide bonds. The summed E-state index contributed by atoms with van der Waals surface area (Å²) in [7, 11) is -3.87. The molecule has 1 aromatic heterocycles. The third-order valence-electron chi connectivity index (χ3n) is 4.82. The van der Waals surface area contributed by atoms with Crippen LogP contribution in [0.25, 0.3) is 10.6 Å². The lowest BCUT2D eigenvalue weighted by atomic mass is 10.0. The molecule has 0 unspecified atom stereocenters. The SMILES string of the molecule is Cc1cc(S(=O)(=O)NCCc2nc(-c3ccc(F)cc3)sc2C)cc(C(=O)O)c1C. The van der Waals surface area contributed by atoms with Crippen molar-refractivity contribution in [1.29, 1.82) is 0 Å². The first-order valence-electron chi connectivity index (χ1n) is 9.15. The van der Waals surface area contributed by atoms with E-state index in [1.807, 2.05) is 6.92 Å². The second-order valence-electron chi connectivity index (χ2n) is 6.89. The van der Waals surface area contributed by atoms with Crippen LogP contribution in [0.3, 0.4) is 0 Å². The summed E-state index contributed by atoms with van der Waals surface area (Å²) in [6.45, 7) is 5.34. The molecule has 0 aliphatic heterocycles. The molecule has 0 aliphatic carbocycles. The van der Waals surface area contributed by atoms with Crippen LogP contribution in [0.2, 0.25) is 0 Å². The van der Waals surface area contributed by atoms with Crippen molar-refractivity contribution in [3.05, 3.63) is 69.5 Å². The third-order valence-corrected chi connectivity index (χ3v) is 7.32. The summed E-state index contributed by atoms with van der Waals surface area (Å²) < 4.78 is 40.9. The maximum Gasteiger partial charge on any atom is 0.336 e. The topological polar surface area (TPSA) is 96.4 Å². The molecule has 0 saturated heterocycles. The van der Waals surface area contributed by atoms with Crippen LogP contribution in [-0.4, -0.2) is 31.0 Å². The smallest absolute Gasteiger partial charge is 0.336 e. The molecular formula is C21H21FN2O4S2. The van der Waals surface area contributed by atoms with Gasteiger partial charge >= 0.3 is 5.97 Å². The van der Waals surface area contributed by atoms with Crippen LogP contribution < -0.4 is 4.72 Å². The average Bonchev–Trinajstić information content (AvgIpc) is 3.04. The summed E-state index contributed by atoms with van der Waals surface area (Å²) >= 11 is 1.46. The van der Waals surface area contributed by atoms with Gasteiger partial charge in [-0.3, -0.25) is 0 Å². The van der Waals surface area contributed by atoms with Gasteiger partial charge in [-0.05, 0) is 68.3 Å². The van der Waals surface area contributed by atoms with E-state index in [0.717, 1.165) is 21.1 Å². The van der Waals surface area contributed by atoms with Gasteiger partial charge in [0.2, 0.25) is 10.0 Å². The molecule has 0 saturated carbocycles. The standard InChI is InChI=1S/C21H21FN2O4S2/c1-12-10-17(11-18(13(12)2)21(25)26)30(27,28)23-9-8-19-14(3)29-20(24-19)15-4-6-16(22)7-5-15/h4-7,10-11,23H,8-9H2,1-3H3,(H,25,26). The number of benzene rings is 2. The van der Waals surface area contributed by atoms with Crippen molar-refractivity contribution in [3.63, 3.8) is 0 Å². The third kappa shape index (κ3) is 4.75. The lowest BCUT2D eigenvalue weighted by molar-refractivity contribution is 0.0695. The predicted molar refractivity (Wildman–Crippen MR) is 114 cm³/mol. The molecule has 6 nitrogen and oxygen atoms in total. The number of aryl methyl sites for hydroxylation is 2. The van der Waals surface area contributed by atoms with Crippen molar-refractivity contribution in [3.8, 4) is 10.6 Å². The first-order valence-corrected chi connectivity index (χ1v) is 11.4. The van der Waals surface area contributed by atoms with E-state index in [1.54, 1.807) is 26.0 Å². The summed E-state index contributed by atoms with van der Waals surface area (Å²) in [5.41, 5.74) is 2.65. The van der Waals surface area contributed by atoms with Crippen LogP contribution in [0.15, 0.2) is 41.3 Å². The van der Waals surface area contributed by atoms with E-state index < -0.39 is 16.0 Å². The number of nitrogens with zero attached hydrogens (tertiary/aromatic N) is 1. The molecule has 158 valence electrons. The molecule has 0 fully saturated rings. The lowest BCUT2D eigenvalue weighted by Crippen LogP contribution is -2.26. The Kier molecular flexibility index (Phi) is 6.35. The van der Waals surface area contributed by atoms with Crippen LogP contribution in [0.4, 0.5) is 4.39 Å². The molecule has 0 spiro atoms. The van der Waals surface area contributed by atoms with Crippen molar-refractivity contribution in [1.82, 2.24) is 9.71 Å². The zero-order valence-corrected chi connectivity index (χ0v) is 18.3. The van der Waals surface area contributed by atoms with Gasteiger partial charge in [-0.25, -0.2) is 27.3 Å². The number of hydrogen-bond donors (Lipinski definition) is 2. The fourth-order valence-electron chi connectivity index (χ4n) is 2.97. The Morgan fingerprint density at radius 2 is 1.83 bits per heavy atom. The summed E-state index contributed by atoms with van der Waals surface area (Å²) in [5, 5.41) is 10.0. The number of thiazole rings is 1. The van der Waals surface area contributed by atoms with Crippen LogP contribution in [0.5, 0.6) is 0 Å². The molecule has 9 heteroatoms. The number of sulfonamides is 1. The summed E-state index contributed by atoms with van der Waals surface area (Å²) in [5.74, 6) is -1.49. The van der Waals surface area contributed by atoms with Crippen LogP contribution in [-0.2, 0) is 16.4 Å². The highest BCUT2D eigenvalue weighted by Gasteiger charge is 2.20. The van der Waals surface area contributed by atoms with Crippen molar-refractivity contribution in [2.45, 2.75) is 32.1 Å². The van der Waals surface area contributed by atoms with Crippen molar-refractivity contribution >= 4 is 27.3 Å². The first kappa shape index (κ1) is 22.1. The zero-order valence-electron chi connectivity index (χ0n) is 16.7. The van der Waals surface area contributed by atoms with Gasteiger partial charge in [0.25, 0.3) is 0 Å². The number of hydrogen-bond acceptors (Lipinski definition) is 5. The predicted octanol–water partition coefficient (Wildman–Crippen LogP) is 4.09. The summed E-state index contributed by atoms with van der Waals surface area (Å²) in [6.07, 6.45) is 0.374. The Morgan fingerprint density at radius 3 is 2.47 bits per heavy atom. The average molecular weight is 449 g/mol. The summed E-state index contributed by atoms with van der Waals surface area (Å²) in [6, 6.07) is 8.68. The fourth-order valence-corrected chi connectivity index (χ4v) is 5.07. The number of aromatic carboxylic acids is 1. The number of carboxylic acids is 1. The van der Waals surface area contributed by atoms with E-state index in [4.69, 9.17) is 0 Å². The Hall–Kier alpha value is -2.62. The minimum Gasteiger partial charge on any atom is -0.478 e. The van der Waals surface area contributed by atoms with Gasteiger partial charge in [-0.15, -0.1) is 11.3 Å². The molecule has 0 bridgehead atoms. The Balaban J connectivity index is 1.73. The Morgan fingerprint density at radius 1 is 1.17 bits per heavy atom. The van der Waals surface area contributed by atoms with Crippen molar-refractivity contribution < 1.29 is 22.7 Å². The minimum absolute atomic E-state index is 0.0327. The highest BCUT2D eigenvalue weighted by atomic mass is 32.2. The van der Waals surface area contributed by atoms with Crippen LogP contribution in [0.1, 0.15) is 32.1 Å². The highest BCUT2D eigenvalue weighted by Crippen LogP contribution is 2.28. The fraction of sp³-hybridized carbons (Fsp3) is 0.238. The monoisotopic (exact) mass is 448 g/mol. The molecule has 1 heterocycles. The van der Waals surface area contributed by atoms with Gasteiger partial charge in [0.05, 0.1) is 16.2 Å². The Bertz CT molecular complexity index is 1200. The van der Waals surface area contributed by atoms with E-state index in [9.17, 15) is 22.7 Å². The van der Waals surface area contributed by atoms with E-state index in [1.165, 1.54) is 35.6 Å². The molecule has 0 radical (unpaired) electrons. The lowest BCUT2D eigenvalue weighted by Gasteiger charge is -2.11. The number of halogens is 1. The molecule has 0 atom stereocenters. The Labute approximate surface area is 178 Å². The van der Waals surface area contributed by atoms with E-state index in [0.29, 0.717) is 17.5 Å². The molecule has 0 aliphatic rings. The number of aromatic nitrogens is 1. The molecule has 2 aromatic carbocycles. The minimum atomic E-state index is -3.87. The molecular weight excluding hydrogens is 427 g/mol. The normalized spacial score (nSPS) is 11.6. The van der Waals surface area contributed by atoms with Gasteiger partial charge in [-0.2, -0.15) is 0 Å². The number of nitrogens with one attached hydrogen (secondary N) is 1. The van der Waals surface area contributed by atoms with Crippen LogP contribution in [0, 0.1) is 26.6 Å². The molecule has 3 aromatic rings. The first-order chi connectivity index (χ1) is 14.1. The van der Waals surface area contributed by atoms with Crippen molar-refractivity contribution in [2.24, 2.45) is 0 Å². The van der Waals surface area contributed by atoms with Crippen molar-refractivity contribution in [2.75, 3.05) is 6.54 Å². The molecule has 30 heavy (non-hydrogen) atoms. The molecule has 3 rings (SSSR count). The second-order valence-corrected chi connectivity index (χ2v) is 9.86. The number of carbonyl (C=O) groups is 1. The maximum absolute atomic E-state index is 13.1.